The molecule has 0 aromatic heterocycles. The first-order valence-corrected chi connectivity index (χ1v) is 8.83. The van der Waals surface area contributed by atoms with Gasteiger partial charge in [-0.05, 0) is 44.4 Å². The molecular weight excluding hydrogens is 265 g/mol. The monoisotopic (exact) mass is 291 g/mol. The zero-order valence-corrected chi connectivity index (χ0v) is 12.7. The van der Waals surface area contributed by atoms with E-state index >= 15 is 0 Å². The van der Waals surface area contributed by atoms with E-state index < -0.39 is 8.03 Å². The fraction of sp³-hybridized carbons (Fsp3) is 0.923. The second kappa shape index (κ2) is 9.38. The van der Waals surface area contributed by atoms with Crippen LogP contribution in [-0.2, 0) is 9.30 Å². The minimum absolute atomic E-state index is 0.213. The molecule has 1 aliphatic carbocycles. The van der Waals surface area contributed by atoms with Crippen LogP contribution in [0, 0.1) is 5.92 Å². The predicted molar refractivity (Wildman–Crippen MR) is 75.8 cm³/mol. The van der Waals surface area contributed by atoms with Crippen LogP contribution in [-0.4, -0.2) is 29.8 Å². The Bertz CT molecular complexity index is 298. The maximum Gasteiger partial charge on any atom is 0.407 e. The van der Waals surface area contributed by atoms with Gasteiger partial charge in [-0.15, -0.1) is 0 Å². The molecule has 0 aliphatic heterocycles. The van der Waals surface area contributed by atoms with Gasteiger partial charge in [0.1, 0.15) is 0 Å². The lowest BCUT2D eigenvalue weighted by Gasteiger charge is -2.13. The number of hydrogen-bond acceptors (Lipinski definition) is 3. The summed E-state index contributed by atoms with van der Waals surface area (Å²) in [6.45, 7) is 2.55. The molecule has 0 aromatic carbocycles. The van der Waals surface area contributed by atoms with Crippen LogP contribution in [0.2, 0.25) is 0 Å². The molecule has 1 aliphatic rings. The van der Waals surface area contributed by atoms with Gasteiger partial charge in [0.15, 0.2) is 8.03 Å². The van der Waals surface area contributed by atoms with E-state index in [1.807, 2.05) is 0 Å². The molecule has 0 heterocycles. The molecule has 0 radical (unpaired) electrons. The van der Waals surface area contributed by atoms with E-state index in [0.717, 1.165) is 44.9 Å². The average molecular weight is 291 g/mol. The normalized spacial score (nSPS) is 24.1. The Morgan fingerprint density at radius 2 is 2.21 bits per heavy atom. The summed E-state index contributed by atoms with van der Waals surface area (Å²) in [5, 5.41) is 2.90. The zero-order chi connectivity index (χ0) is 14.1. The number of carbonyl (C=O) groups is 1. The molecular formula is C13H26NO4P. The third-order valence-corrected chi connectivity index (χ3v) is 4.38. The van der Waals surface area contributed by atoms with E-state index in [2.05, 4.69) is 12.2 Å². The maximum atomic E-state index is 11.5. The largest absolute Gasteiger partial charge is 0.450 e. The number of unbranched alkanes of at least 4 members (excludes halogenated alkanes) is 1. The summed E-state index contributed by atoms with van der Waals surface area (Å²) in [4.78, 5) is 20.3. The van der Waals surface area contributed by atoms with E-state index in [0.29, 0.717) is 18.7 Å². The number of alkyl carbamates (subject to hydrolysis) is 1. The Hall–Kier alpha value is -0.540. The van der Waals surface area contributed by atoms with Crippen molar-refractivity contribution < 1.29 is 19.0 Å². The molecule has 0 bridgehead atoms. The van der Waals surface area contributed by atoms with Crippen LogP contribution in [0.3, 0.4) is 0 Å². The Labute approximate surface area is 116 Å². The summed E-state index contributed by atoms with van der Waals surface area (Å²) in [6, 6.07) is 0.213. The van der Waals surface area contributed by atoms with Crippen molar-refractivity contribution in [1.82, 2.24) is 5.32 Å². The van der Waals surface area contributed by atoms with Crippen molar-refractivity contribution in [2.24, 2.45) is 5.92 Å². The van der Waals surface area contributed by atoms with Crippen molar-refractivity contribution in [1.29, 1.82) is 0 Å². The third kappa shape index (κ3) is 7.58. The highest BCUT2D eigenvalue weighted by molar-refractivity contribution is 7.37. The number of rotatable bonds is 8. The Morgan fingerprint density at radius 3 is 2.89 bits per heavy atom. The van der Waals surface area contributed by atoms with Crippen LogP contribution in [0.25, 0.3) is 0 Å². The number of ether oxygens (including phenoxy) is 1. The van der Waals surface area contributed by atoms with Gasteiger partial charge in [0.05, 0.1) is 6.61 Å². The van der Waals surface area contributed by atoms with Crippen molar-refractivity contribution >= 4 is 14.1 Å². The van der Waals surface area contributed by atoms with E-state index in [1.165, 1.54) is 0 Å². The molecule has 3 unspecified atom stereocenters. The number of nitrogens with one attached hydrogen (secondary N) is 1. The van der Waals surface area contributed by atoms with Crippen LogP contribution in [0.5, 0.6) is 0 Å². The number of amides is 1. The fourth-order valence-corrected chi connectivity index (χ4v) is 3.03. The fourth-order valence-electron chi connectivity index (χ4n) is 2.53. The maximum absolute atomic E-state index is 11.5. The smallest absolute Gasteiger partial charge is 0.407 e. The van der Waals surface area contributed by atoms with Crippen molar-refractivity contribution in [3.8, 4) is 0 Å². The molecule has 0 saturated heterocycles. The average Bonchev–Trinajstić information content (AvgIpc) is 2.76. The SMILES string of the molecule is CCCCOC(=O)NC1CCC(CCC[PH](=O)O)C1. The zero-order valence-electron chi connectivity index (χ0n) is 11.7. The van der Waals surface area contributed by atoms with Gasteiger partial charge < -0.3 is 14.9 Å². The molecule has 1 amide bonds. The lowest BCUT2D eigenvalue weighted by atomic mass is 10.0. The van der Waals surface area contributed by atoms with Gasteiger partial charge in [-0.1, -0.05) is 13.3 Å². The van der Waals surface area contributed by atoms with Crippen molar-refractivity contribution in [2.75, 3.05) is 12.8 Å². The van der Waals surface area contributed by atoms with E-state index in [1.54, 1.807) is 0 Å². The minimum Gasteiger partial charge on any atom is -0.450 e. The van der Waals surface area contributed by atoms with Crippen molar-refractivity contribution in [2.45, 2.75) is 57.9 Å². The lowest BCUT2D eigenvalue weighted by molar-refractivity contribution is 0.140. The first-order valence-electron chi connectivity index (χ1n) is 7.27. The molecule has 1 fully saturated rings. The summed E-state index contributed by atoms with van der Waals surface area (Å²) in [5.41, 5.74) is 0. The summed E-state index contributed by atoms with van der Waals surface area (Å²) in [5.74, 6) is 0.572. The van der Waals surface area contributed by atoms with E-state index in [4.69, 9.17) is 9.63 Å². The second-order valence-electron chi connectivity index (χ2n) is 5.30. The molecule has 3 atom stereocenters. The molecule has 5 nitrogen and oxygen atoms in total. The topological polar surface area (TPSA) is 75.6 Å². The minimum atomic E-state index is -2.31. The van der Waals surface area contributed by atoms with Gasteiger partial charge in [0, 0.05) is 12.2 Å². The molecule has 112 valence electrons. The summed E-state index contributed by atoms with van der Waals surface area (Å²) in [6.07, 6.45) is 6.89. The molecule has 6 heteroatoms. The van der Waals surface area contributed by atoms with Crippen molar-refractivity contribution in [3.05, 3.63) is 0 Å². The standard InChI is InChI=1S/C13H26NO4P/c1-2-3-8-18-13(15)14-12-7-6-11(10-12)5-4-9-19(16)17/h11-12,19H,2-10H2,1H3,(H,14,15)(H,16,17). The first-order chi connectivity index (χ1) is 9.11. The Balaban J connectivity index is 2.10. The van der Waals surface area contributed by atoms with Crippen molar-refractivity contribution in [3.63, 3.8) is 0 Å². The van der Waals surface area contributed by atoms with Gasteiger partial charge in [0.2, 0.25) is 0 Å². The molecule has 1 rings (SSSR count). The second-order valence-corrected chi connectivity index (χ2v) is 6.58. The summed E-state index contributed by atoms with van der Waals surface area (Å²) >= 11 is 0. The predicted octanol–water partition coefficient (Wildman–Crippen LogP) is 2.93. The highest BCUT2D eigenvalue weighted by atomic mass is 31.1. The Morgan fingerprint density at radius 1 is 1.42 bits per heavy atom. The highest BCUT2D eigenvalue weighted by Crippen LogP contribution is 2.30. The Kier molecular flexibility index (Phi) is 8.15. The summed E-state index contributed by atoms with van der Waals surface area (Å²) < 4.78 is 15.7. The van der Waals surface area contributed by atoms with Gasteiger partial charge in [-0.25, -0.2) is 4.79 Å². The van der Waals surface area contributed by atoms with Crippen LogP contribution >= 0.6 is 8.03 Å². The summed E-state index contributed by atoms with van der Waals surface area (Å²) in [7, 11) is -2.31. The van der Waals surface area contributed by atoms with Gasteiger partial charge in [-0.2, -0.15) is 0 Å². The highest BCUT2D eigenvalue weighted by Gasteiger charge is 2.25. The molecule has 0 aromatic rings. The van der Waals surface area contributed by atoms with Crippen LogP contribution in [0.4, 0.5) is 4.79 Å². The first kappa shape index (κ1) is 16.5. The van der Waals surface area contributed by atoms with Gasteiger partial charge in [0.25, 0.3) is 0 Å². The number of hydrogen-bond donors (Lipinski definition) is 2. The molecule has 2 N–H and O–H groups in total. The third-order valence-electron chi connectivity index (χ3n) is 3.60. The van der Waals surface area contributed by atoms with Crippen LogP contribution in [0.1, 0.15) is 51.9 Å². The molecule has 1 saturated carbocycles. The van der Waals surface area contributed by atoms with Crippen LogP contribution in [0.15, 0.2) is 0 Å². The molecule has 19 heavy (non-hydrogen) atoms. The van der Waals surface area contributed by atoms with Crippen LogP contribution < -0.4 is 5.32 Å². The van der Waals surface area contributed by atoms with E-state index in [9.17, 15) is 9.36 Å². The quantitative estimate of drug-likeness (QED) is 0.532. The lowest BCUT2D eigenvalue weighted by Crippen LogP contribution is -2.33. The van der Waals surface area contributed by atoms with Gasteiger partial charge in [-0.3, -0.25) is 4.57 Å². The van der Waals surface area contributed by atoms with E-state index in [-0.39, 0.29) is 12.1 Å². The molecule has 0 spiro atoms. The number of carbonyl (C=O) groups excluding carboxylic acids is 1. The van der Waals surface area contributed by atoms with Gasteiger partial charge >= 0.3 is 6.09 Å².